The minimum absolute atomic E-state index is 0.596. The lowest BCUT2D eigenvalue weighted by Crippen LogP contribution is -2.15. The average molecular weight is 142 g/mol. The molecule has 0 spiro atoms. The monoisotopic (exact) mass is 142 g/mol. The van der Waals surface area contributed by atoms with Crippen molar-refractivity contribution in [2.24, 2.45) is 5.92 Å². The van der Waals surface area contributed by atoms with Crippen molar-refractivity contribution in [3.8, 4) is 0 Å². The molecule has 0 aromatic rings. The molecule has 0 heterocycles. The molecule has 0 fully saturated rings. The van der Waals surface area contributed by atoms with E-state index >= 15 is 0 Å². The van der Waals surface area contributed by atoms with Crippen molar-refractivity contribution in [1.82, 2.24) is 10.6 Å². The summed E-state index contributed by atoms with van der Waals surface area (Å²) in [4.78, 5) is 0. The van der Waals surface area contributed by atoms with E-state index in [0.717, 1.165) is 6.54 Å². The standard InChI is InChI=1S/C8H18N2/c1-7(2)8(10-4)5-6-9-3/h5,7,9-10H,6H2,1-4H3/b8-5-. The molecule has 0 aliphatic heterocycles. The molecule has 2 nitrogen and oxygen atoms in total. The van der Waals surface area contributed by atoms with Gasteiger partial charge >= 0.3 is 0 Å². The Labute approximate surface area is 63.7 Å². The Morgan fingerprint density at radius 1 is 1.40 bits per heavy atom. The summed E-state index contributed by atoms with van der Waals surface area (Å²) in [7, 11) is 3.91. The van der Waals surface area contributed by atoms with Crippen LogP contribution in [0.5, 0.6) is 0 Å². The zero-order chi connectivity index (χ0) is 7.98. The van der Waals surface area contributed by atoms with Crippen LogP contribution in [-0.4, -0.2) is 20.6 Å². The number of hydrogen-bond donors (Lipinski definition) is 2. The molecule has 0 radical (unpaired) electrons. The normalized spacial score (nSPS) is 12.3. The largest absolute Gasteiger partial charge is 0.391 e. The maximum absolute atomic E-state index is 3.16. The summed E-state index contributed by atoms with van der Waals surface area (Å²) >= 11 is 0. The first-order valence-corrected chi connectivity index (χ1v) is 3.74. The molecule has 0 aromatic heterocycles. The van der Waals surface area contributed by atoms with Gasteiger partial charge in [-0.3, -0.25) is 0 Å². The minimum Gasteiger partial charge on any atom is -0.391 e. The van der Waals surface area contributed by atoms with Crippen molar-refractivity contribution in [2.75, 3.05) is 20.6 Å². The first-order chi connectivity index (χ1) is 4.72. The van der Waals surface area contributed by atoms with Crippen LogP contribution in [0.1, 0.15) is 13.8 Å². The molecule has 0 atom stereocenters. The van der Waals surface area contributed by atoms with Crippen molar-refractivity contribution in [3.05, 3.63) is 11.8 Å². The molecule has 0 saturated heterocycles. The fourth-order valence-corrected chi connectivity index (χ4v) is 0.838. The van der Waals surface area contributed by atoms with E-state index in [1.165, 1.54) is 5.70 Å². The molecule has 60 valence electrons. The Bertz CT molecular complexity index is 106. The molecule has 0 bridgehead atoms. The van der Waals surface area contributed by atoms with Crippen molar-refractivity contribution in [3.63, 3.8) is 0 Å². The molecule has 0 unspecified atom stereocenters. The Balaban J connectivity index is 3.79. The van der Waals surface area contributed by atoms with Crippen LogP contribution in [0.2, 0.25) is 0 Å². The molecule has 2 N–H and O–H groups in total. The highest BCUT2D eigenvalue weighted by Crippen LogP contribution is 2.03. The molecule has 0 rings (SSSR count). The van der Waals surface area contributed by atoms with Crippen LogP contribution in [0, 0.1) is 5.92 Å². The first kappa shape index (κ1) is 9.50. The summed E-state index contributed by atoms with van der Waals surface area (Å²) in [5.41, 5.74) is 1.30. The molecule has 0 aliphatic rings. The van der Waals surface area contributed by atoms with Crippen LogP contribution in [0.15, 0.2) is 11.8 Å². The number of rotatable bonds is 4. The molecule has 0 saturated carbocycles. The van der Waals surface area contributed by atoms with Gasteiger partial charge in [0.1, 0.15) is 0 Å². The van der Waals surface area contributed by atoms with Gasteiger partial charge in [0.15, 0.2) is 0 Å². The number of nitrogens with one attached hydrogen (secondary N) is 2. The fourth-order valence-electron chi connectivity index (χ4n) is 0.838. The van der Waals surface area contributed by atoms with E-state index in [9.17, 15) is 0 Å². The molecule has 10 heavy (non-hydrogen) atoms. The highest BCUT2D eigenvalue weighted by Gasteiger charge is 1.97. The van der Waals surface area contributed by atoms with Crippen molar-refractivity contribution < 1.29 is 0 Å². The molecule has 2 heteroatoms. The second-order valence-electron chi connectivity index (χ2n) is 2.62. The molecule has 0 amide bonds. The molecule has 0 aromatic carbocycles. The lowest BCUT2D eigenvalue weighted by molar-refractivity contribution is 0.690. The van der Waals surface area contributed by atoms with E-state index in [1.807, 2.05) is 14.1 Å². The van der Waals surface area contributed by atoms with Gasteiger partial charge in [0.2, 0.25) is 0 Å². The highest BCUT2D eigenvalue weighted by atomic mass is 14.9. The van der Waals surface area contributed by atoms with E-state index in [1.54, 1.807) is 0 Å². The van der Waals surface area contributed by atoms with E-state index < -0.39 is 0 Å². The van der Waals surface area contributed by atoms with E-state index in [-0.39, 0.29) is 0 Å². The van der Waals surface area contributed by atoms with Gasteiger partial charge in [-0.05, 0) is 13.0 Å². The van der Waals surface area contributed by atoms with Crippen molar-refractivity contribution >= 4 is 0 Å². The minimum atomic E-state index is 0.596. The summed E-state index contributed by atoms with van der Waals surface area (Å²) in [6.45, 7) is 5.30. The van der Waals surface area contributed by atoms with Gasteiger partial charge < -0.3 is 10.6 Å². The fraction of sp³-hybridized carbons (Fsp3) is 0.750. The third-order valence-electron chi connectivity index (χ3n) is 1.44. The van der Waals surface area contributed by atoms with Crippen LogP contribution in [0.4, 0.5) is 0 Å². The molecule has 0 aliphatic carbocycles. The van der Waals surface area contributed by atoms with Crippen LogP contribution in [0.3, 0.4) is 0 Å². The summed E-state index contributed by atoms with van der Waals surface area (Å²) < 4.78 is 0. The maximum atomic E-state index is 3.16. The van der Waals surface area contributed by atoms with Crippen LogP contribution in [0.25, 0.3) is 0 Å². The van der Waals surface area contributed by atoms with E-state index in [4.69, 9.17) is 0 Å². The predicted octanol–water partition coefficient (Wildman–Crippen LogP) is 0.965. The Morgan fingerprint density at radius 2 is 2.00 bits per heavy atom. The predicted molar refractivity (Wildman–Crippen MR) is 45.9 cm³/mol. The molecular weight excluding hydrogens is 124 g/mol. The maximum Gasteiger partial charge on any atom is 0.0151 e. The van der Waals surface area contributed by atoms with Crippen molar-refractivity contribution in [1.29, 1.82) is 0 Å². The Hall–Kier alpha value is -0.500. The van der Waals surface area contributed by atoms with Crippen LogP contribution in [-0.2, 0) is 0 Å². The second-order valence-corrected chi connectivity index (χ2v) is 2.62. The van der Waals surface area contributed by atoms with Gasteiger partial charge in [-0.25, -0.2) is 0 Å². The number of allylic oxidation sites excluding steroid dienone is 1. The highest BCUT2D eigenvalue weighted by molar-refractivity contribution is 5.02. The number of hydrogen-bond acceptors (Lipinski definition) is 2. The third kappa shape index (κ3) is 3.51. The Kier molecular flexibility index (Phi) is 5.03. The van der Waals surface area contributed by atoms with Gasteiger partial charge in [-0.2, -0.15) is 0 Å². The van der Waals surface area contributed by atoms with Gasteiger partial charge in [-0.1, -0.05) is 19.9 Å². The summed E-state index contributed by atoms with van der Waals surface area (Å²) in [6, 6.07) is 0. The SMILES string of the molecule is CNC/C=C(\NC)C(C)C. The lowest BCUT2D eigenvalue weighted by Gasteiger charge is -2.09. The van der Waals surface area contributed by atoms with Crippen LogP contribution >= 0.6 is 0 Å². The Morgan fingerprint density at radius 3 is 2.30 bits per heavy atom. The zero-order valence-electron chi connectivity index (χ0n) is 7.36. The topological polar surface area (TPSA) is 24.1 Å². The van der Waals surface area contributed by atoms with Gasteiger partial charge in [0.05, 0.1) is 0 Å². The van der Waals surface area contributed by atoms with Gasteiger partial charge in [0, 0.05) is 19.3 Å². The smallest absolute Gasteiger partial charge is 0.0151 e. The third-order valence-corrected chi connectivity index (χ3v) is 1.44. The summed E-state index contributed by atoms with van der Waals surface area (Å²) in [6.07, 6.45) is 2.17. The summed E-state index contributed by atoms with van der Waals surface area (Å²) in [5, 5.41) is 6.23. The summed E-state index contributed by atoms with van der Waals surface area (Å²) in [5.74, 6) is 0.596. The molecular formula is C8H18N2. The second kappa shape index (κ2) is 5.30. The van der Waals surface area contributed by atoms with Gasteiger partial charge in [-0.15, -0.1) is 0 Å². The lowest BCUT2D eigenvalue weighted by atomic mass is 10.1. The zero-order valence-corrected chi connectivity index (χ0v) is 7.36. The van der Waals surface area contributed by atoms with E-state index in [2.05, 4.69) is 30.6 Å². The van der Waals surface area contributed by atoms with Crippen LogP contribution < -0.4 is 10.6 Å². The van der Waals surface area contributed by atoms with E-state index in [0.29, 0.717) is 5.92 Å². The average Bonchev–Trinajstić information content (AvgIpc) is 1.89. The van der Waals surface area contributed by atoms with Crippen molar-refractivity contribution in [2.45, 2.75) is 13.8 Å². The first-order valence-electron chi connectivity index (χ1n) is 3.74. The quantitative estimate of drug-likeness (QED) is 0.611. The van der Waals surface area contributed by atoms with Gasteiger partial charge in [0.25, 0.3) is 0 Å². The number of likely N-dealkylation sites (N-methyl/N-ethyl adjacent to an activating group) is 1.